The summed E-state index contributed by atoms with van der Waals surface area (Å²) in [5.41, 5.74) is 2.86. The first-order chi connectivity index (χ1) is 11.8. The maximum Gasteiger partial charge on any atom is 0.123 e. The van der Waals surface area contributed by atoms with Crippen LogP contribution in [-0.4, -0.2) is 0 Å². The molecule has 0 saturated carbocycles. The number of nitrogens with zero attached hydrogens (tertiary/aromatic N) is 2. The van der Waals surface area contributed by atoms with E-state index in [9.17, 15) is 14.9 Å². The molecule has 0 aliphatic heterocycles. The highest BCUT2D eigenvalue weighted by atomic mass is 19.1. The van der Waals surface area contributed by atoms with E-state index in [2.05, 4.69) is 32.9 Å². The summed E-state index contributed by atoms with van der Waals surface area (Å²) in [5, 5.41) is 20.8. The van der Waals surface area contributed by atoms with Gasteiger partial charge in [-0.1, -0.05) is 45.0 Å². The van der Waals surface area contributed by atoms with Gasteiger partial charge in [0.1, 0.15) is 18.0 Å². The minimum Gasteiger partial charge on any atom is -0.207 e. The molecular weight excluding hydrogens is 311 g/mol. The van der Waals surface area contributed by atoms with Crippen molar-refractivity contribution in [1.82, 2.24) is 0 Å². The van der Waals surface area contributed by atoms with E-state index in [0.717, 1.165) is 16.3 Å². The average Bonchev–Trinajstić information content (AvgIpc) is 2.58. The highest BCUT2D eigenvalue weighted by Crippen LogP contribution is 2.37. The lowest BCUT2D eigenvalue weighted by atomic mass is 9.83. The van der Waals surface area contributed by atoms with Gasteiger partial charge < -0.3 is 0 Å². The van der Waals surface area contributed by atoms with Crippen molar-refractivity contribution < 1.29 is 4.39 Å². The molecule has 3 aromatic rings. The molecule has 0 aromatic heterocycles. The fourth-order valence-corrected chi connectivity index (χ4v) is 3.01. The first kappa shape index (κ1) is 16.7. The van der Waals surface area contributed by atoms with Crippen LogP contribution >= 0.6 is 0 Å². The third-order valence-electron chi connectivity index (χ3n) is 4.35. The fraction of sp³-hybridized carbons (Fsp3) is 0.182. The van der Waals surface area contributed by atoms with Gasteiger partial charge in [-0.2, -0.15) is 10.5 Å². The number of benzene rings is 3. The molecule has 0 aliphatic rings. The van der Waals surface area contributed by atoms with Crippen LogP contribution < -0.4 is 0 Å². The highest BCUT2D eigenvalue weighted by molar-refractivity contribution is 6.01. The molecule has 0 aliphatic carbocycles. The Hall–Kier alpha value is -3.17. The van der Waals surface area contributed by atoms with Gasteiger partial charge in [-0.15, -0.1) is 0 Å². The summed E-state index contributed by atoms with van der Waals surface area (Å²) in [6.07, 6.45) is 0. The van der Waals surface area contributed by atoms with Gasteiger partial charge in [-0.05, 0) is 51.6 Å². The number of fused-ring (bicyclic) bond motifs is 1. The Balaban J connectivity index is 2.49. The zero-order valence-corrected chi connectivity index (χ0v) is 14.4. The molecule has 0 heterocycles. The van der Waals surface area contributed by atoms with Crippen LogP contribution in [0.2, 0.25) is 0 Å². The Bertz CT molecular complexity index is 1060. The van der Waals surface area contributed by atoms with E-state index in [1.54, 1.807) is 18.2 Å². The Morgan fingerprint density at radius 3 is 2.28 bits per heavy atom. The summed E-state index contributed by atoms with van der Waals surface area (Å²) in [6, 6.07) is 18.1. The van der Waals surface area contributed by atoms with Crippen molar-refractivity contribution >= 4 is 10.8 Å². The van der Waals surface area contributed by atoms with Crippen LogP contribution in [0.3, 0.4) is 0 Å². The van der Waals surface area contributed by atoms with Gasteiger partial charge in [-0.25, -0.2) is 4.39 Å². The number of nitriles is 2. The van der Waals surface area contributed by atoms with Crippen molar-refractivity contribution in [2.24, 2.45) is 0 Å². The van der Waals surface area contributed by atoms with Crippen molar-refractivity contribution in [2.45, 2.75) is 26.2 Å². The Kier molecular flexibility index (Phi) is 4.03. The maximum atomic E-state index is 13.8. The van der Waals surface area contributed by atoms with Crippen LogP contribution in [0.5, 0.6) is 0 Å². The molecule has 0 bridgehead atoms. The lowest BCUT2D eigenvalue weighted by Crippen LogP contribution is -2.10. The number of halogens is 1. The largest absolute Gasteiger partial charge is 0.207 e. The smallest absolute Gasteiger partial charge is 0.123 e. The van der Waals surface area contributed by atoms with E-state index in [1.807, 2.05) is 18.2 Å². The molecule has 0 amide bonds. The SMILES string of the molecule is CC(C)(C)c1ccc2cc(C#N)c(C#N)c(-c3cccc(F)c3)c2c1. The molecule has 0 atom stereocenters. The van der Waals surface area contributed by atoms with E-state index < -0.39 is 0 Å². The van der Waals surface area contributed by atoms with Crippen molar-refractivity contribution in [3.63, 3.8) is 0 Å². The van der Waals surface area contributed by atoms with Gasteiger partial charge in [0.2, 0.25) is 0 Å². The van der Waals surface area contributed by atoms with Gasteiger partial charge in [0.15, 0.2) is 0 Å². The van der Waals surface area contributed by atoms with Gasteiger partial charge in [0, 0.05) is 5.56 Å². The number of hydrogen-bond donors (Lipinski definition) is 0. The topological polar surface area (TPSA) is 47.6 Å². The van der Waals surface area contributed by atoms with E-state index in [0.29, 0.717) is 16.7 Å². The average molecular weight is 328 g/mol. The van der Waals surface area contributed by atoms with Crippen LogP contribution in [0.1, 0.15) is 37.5 Å². The molecule has 3 heteroatoms. The zero-order valence-electron chi connectivity index (χ0n) is 14.4. The van der Waals surface area contributed by atoms with E-state index in [-0.39, 0.29) is 16.8 Å². The fourth-order valence-electron chi connectivity index (χ4n) is 3.01. The van der Waals surface area contributed by atoms with Crippen LogP contribution in [0.25, 0.3) is 21.9 Å². The first-order valence-electron chi connectivity index (χ1n) is 8.02. The van der Waals surface area contributed by atoms with E-state index in [4.69, 9.17) is 0 Å². The molecule has 3 aromatic carbocycles. The molecule has 0 unspecified atom stereocenters. The third kappa shape index (κ3) is 2.97. The van der Waals surface area contributed by atoms with Crippen molar-refractivity contribution in [1.29, 1.82) is 10.5 Å². The minimum absolute atomic E-state index is 0.0614. The zero-order chi connectivity index (χ0) is 18.2. The molecule has 0 N–H and O–H groups in total. The Morgan fingerprint density at radius 1 is 0.920 bits per heavy atom. The quantitative estimate of drug-likeness (QED) is 0.576. The summed E-state index contributed by atoms with van der Waals surface area (Å²) in [7, 11) is 0. The second-order valence-electron chi connectivity index (χ2n) is 7.09. The summed E-state index contributed by atoms with van der Waals surface area (Å²) in [6.45, 7) is 6.35. The van der Waals surface area contributed by atoms with Gasteiger partial charge in [0.05, 0.1) is 11.1 Å². The highest BCUT2D eigenvalue weighted by Gasteiger charge is 2.19. The molecule has 2 nitrogen and oxygen atoms in total. The maximum absolute atomic E-state index is 13.8. The van der Waals surface area contributed by atoms with Crippen molar-refractivity contribution in [3.8, 4) is 23.3 Å². The molecule has 122 valence electrons. The lowest BCUT2D eigenvalue weighted by molar-refractivity contribution is 0.591. The van der Waals surface area contributed by atoms with Gasteiger partial charge >= 0.3 is 0 Å². The molecular formula is C22H17FN2. The summed E-state index contributed by atoms with van der Waals surface area (Å²) in [5.74, 6) is -0.371. The summed E-state index contributed by atoms with van der Waals surface area (Å²) >= 11 is 0. The normalized spacial score (nSPS) is 11.1. The molecule has 0 fully saturated rings. The monoisotopic (exact) mass is 328 g/mol. The molecule has 3 rings (SSSR count). The van der Waals surface area contributed by atoms with Crippen molar-refractivity contribution in [3.05, 3.63) is 71.0 Å². The second-order valence-corrected chi connectivity index (χ2v) is 7.09. The van der Waals surface area contributed by atoms with Crippen LogP contribution in [-0.2, 0) is 5.41 Å². The Labute approximate surface area is 146 Å². The van der Waals surface area contributed by atoms with Gasteiger partial charge in [0.25, 0.3) is 0 Å². The number of hydrogen-bond acceptors (Lipinski definition) is 2. The molecule has 25 heavy (non-hydrogen) atoms. The molecule has 0 radical (unpaired) electrons. The predicted octanol–water partition coefficient (Wildman–Crippen LogP) is 5.69. The van der Waals surface area contributed by atoms with Crippen molar-refractivity contribution in [2.75, 3.05) is 0 Å². The first-order valence-corrected chi connectivity index (χ1v) is 8.02. The summed E-state index contributed by atoms with van der Waals surface area (Å²) < 4.78 is 13.8. The number of rotatable bonds is 1. The minimum atomic E-state index is -0.371. The third-order valence-corrected chi connectivity index (χ3v) is 4.35. The second kappa shape index (κ2) is 6.04. The van der Waals surface area contributed by atoms with Gasteiger partial charge in [-0.3, -0.25) is 0 Å². The van der Waals surface area contributed by atoms with E-state index >= 15 is 0 Å². The molecule has 0 saturated heterocycles. The van der Waals surface area contributed by atoms with Crippen LogP contribution in [0.4, 0.5) is 4.39 Å². The molecule has 0 spiro atoms. The predicted molar refractivity (Wildman–Crippen MR) is 97.5 cm³/mol. The van der Waals surface area contributed by atoms with Crippen LogP contribution in [0.15, 0.2) is 48.5 Å². The summed E-state index contributed by atoms with van der Waals surface area (Å²) in [4.78, 5) is 0. The van der Waals surface area contributed by atoms with E-state index in [1.165, 1.54) is 12.1 Å². The lowest BCUT2D eigenvalue weighted by Gasteiger charge is -2.21. The Morgan fingerprint density at radius 2 is 1.68 bits per heavy atom. The van der Waals surface area contributed by atoms with Crippen LogP contribution in [0, 0.1) is 28.5 Å². The standard InChI is InChI=1S/C22H17FN2/c1-22(2,3)17-8-7-14-9-16(12-24)20(13-25)21(19(14)11-17)15-5-4-6-18(23)10-15/h4-11H,1-3H3.